The van der Waals surface area contributed by atoms with Gasteiger partial charge in [-0.25, -0.2) is 0 Å². The Hall–Kier alpha value is -2.68. The number of esters is 1. The number of rotatable bonds is 6. The van der Waals surface area contributed by atoms with Gasteiger partial charge in [-0.05, 0) is 42.5 Å². The number of hydrogen-bond donors (Lipinski definition) is 1. The molecule has 0 radical (unpaired) electrons. The third kappa shape index (κ3) is 4.05. The summed E-state index contributed by atoms with van der Waals surface area (Å²) in [5, 5.41) is 9.35. The van der Waals surface area contributed by atoms with Crippen LogP contribution < -0.4 is 9.47 Å². The van der Waals surface area contributed by atoms with Crippen molar-refractivity contribution in [2.75, 3.05) is 27.4 Å². The predicted molar refractivity (Wildman–Crippen MR) is 90.5 cm³/mol. The summed E-state index contributed by atoms with van der Waals surface area (Å²) in [4.78, 5) is 36.8. The van der Waals surface area contributed by atoms with Crippen LogP contribution in [0.2, 0.25) is 0 Å². The third-order valence-corrected chi connectivity index (χ3v) is 4.17. The highest BCUT2D eigenvalue weighted by Crippen LogP contribution is 2.39. The van der Waals surface area contributed by atoms with Crippen LogP contribution in [0.3, 0.4) is 0 Å². The molecule has 0 aliphatic carbocycles. The molecule has 0 saturated carbocycles. The van der Waals surface area contributed by atoms with Gasteiger partial charge in [0.15, 0.2) is 11.5 Å². The highest BCUT2D eigenvalue weighted by atomic mass is 32.2. The van der Waals surface area contributed by atoms with Gasteiger partial charge in [-0.15, -0.1) is 0 Å². The molecule has 2 amide bonds. The van der Waals surface area contributed by atoms with Crippen LogP contribution in [-0.4, -0.2) is 54.5 Å². The number of hydrogen-bond acceptors (Lipinski definition) is 8. The number of phenols is 1. The first-order valence-corrected chi connectivity index (χ1v) is 8.08. The van der Waals surface area contributed by atoms with Gasteiger partial charge in [-0.3, -0.25) is 19.3 Å². The van der Waals surface area contributed by atoms with Crippen LogP contribution in [-0.2, 0) is 14.3 Å². The van der Waals surface area contributed by atoms with Gasteiger partial charge in [0.25, 0.3) is 11.1 Å². The molecule has 0 spiro atoms. The molecular formula is C16H17NO7S. The first kappa shape index (κ1) is 18.7. The Morgan fingerprint density at radius 1 is 1.24 bits per heavy atom. The summed E-state index contributed by atoms with van der Waals surface area (Å²) < 4.78 is 14.9. The van der Waals surface area contributed by atoms with E-state index in [1.165, 1.54) is 32.4 Å². The van der Waals surface area contributed by atoms with Crippen LogP contribution in [0.4, 0.5) is 4.79 Å². The lowest BCUT2D eigenvalue weighted by molar-refractivity contribution is -0.145. The average molecular weight is 367 g/mol. The number of aromatic hydroxyl groups is 1. The predicted octanol–water partition coefficient (Wildman–Crippen LogP) is 2.01. The highest BCUT2D eigenvalue weighted by Gasteiger charge is 2.36. The molecule has 1 aromatic rings. The maximum atomic E-state index is 12.3. The van der Waals surface area contributed by atoms with Gasteiger partial charge in [0.05, 0.1) is 25.7 Å². The average Bonchev–Trinajstić information content (AvgIpc) is 2.84. The summed E-state index contributed by atoms with van der Waals surface area (Å²) in [6.07, 6.45) is 1.46. The van der Waals surface area contributed by atoms with E-state index in [1.54, 1.807) is 6.92 Å². The van der Waals surface area contributed by atoms with Gasteiger partial charge in [-0.1, -0.05) is 0 Å². The molecule has 0 unspecified atom stereocenters. The first-order chi connectivity index (χ1) is 11.9. The molecule has 1 aromatic carbocycles. The standard InChI is InChI=1S/C16H17NO7S/c1-4-24-13(18)8-17-15(20)12(25-16(17)21)7-9-5-10(22-2)14(19)11(6-9)23-3/h5-7,19H,4,8H2,1-3H3. The maximum Gasteiger partial charge on any atom is 0.326 e. The van der Waals surface area contributed by atoms with Gasteiger partial charge >= 0.3 is 5.97 Å². The zero-order valence-corrected chi connectivity index (χ0v) is 14.7. The van der Waals surface area contributed by atoms with E-state index < -0.39 is 23.7 Å². The highest BCUT2D eigenvalue weighted by molar-refractivity contribution is 8.18. The Bertz CT molecular complexity index is 719. The fourth-order valence-corrected chi connectivity index (χ4v) is 2.96. The van der Waals surface area contributed by atoms with Crippen molar-refractivity contribution < 1.29 is 33.7 Å². The van der Waals surface area contributed by atoms with Crippen LogP contribution in [0.15, 0.2) is 17.0 Å². The van der Waals surface area contributed by atoms with E-state index in [-0.39, 0.29) is 28.8 Å². The first-order valence-electron chi connectivity index (χ1n) is 7.27. The summed E-state index contributed by atoms with van der Waals surface area (Å²) in [6.45, 7) is 1.37. The molecular weight excluding hydrogens is 350 g/mol. The molecule has 1 saturated heterocycles. The Morgan fingerprint density at radius 3 is 2.36 bits per heavy atom. The quantitative estimate of drug-likeness (QED) is 0.602. The van der Waals surface area contributed by atoms with Crippen LogP contribution in [0.1, 0.15) is 12.5 Å². The minimum Gasteiger partial charge on any atom is -0.502 e. The molecule has 9 heteroatoms. The van der Waals surface area contributed by atoms with E-state index in [1.807, 2.05) is 0 Å². The lowest BCUT2D eigenvalue weighted by atomic mass is 10.1. The van der Waals surface area contributed by atoms with Crippen molar-refractivity contribution in [1.82, 2.24) is 4.90 Å². The van der Waals surface area contributed by atoms with Crippen molar-refractivity contribution >= 4 is 35.0 Å². The van der Waals surface area contributed by atoms with Crippen molar-refractivity contribution in [2.45, 2.75) is 6.92 Å². The van der Waals surface area contributed by atoms with Crippen LogP contribution in [0.25, 0.3) is 6.08 Å². The van der Waals surface area contributed by atoms with E-state index in [9.17, 15) is 19.5 Å². The molecule has 8 nitrogen and oxygen atoms in total. The topological polar surface area (TPSA) is 102 Å². The monoisotopic (exact) mass is 367 g/mol. The number of nitrogens with zero attached hydrogens (tertiary/aromatic N) is 1. The van der Waals surface area contributed by atoms with Crippen molar-refractivity contribution in [3.63, 3.8) is 0 Å². The Morgan fingerprint density at radius 2 is 1.84 bits per heavy atom. The number of imide groups is 1. The largest absolute Gasteiger partial charge is 0.502 e. The minimum absolute atomic E-state index is 0.143. The molecule has 0 bridgehead atoms. The molecule has 0 atom stereocenters. The lowest BCUT2D eigenvalue weighted by Gasteiger charge is -2.11. The summed E-state index contributed by atoms with van der Waals surface area (Å²) in [6, 6.07) is 2.99. The molecule has 0 aromatic heterocycles. The second-order valence-corrected chi connectivity index (χ2v) is 5.84. The molecule has 1 heterocycles. The maximum absolute atomic E-state index is 12.3. The van der Waals surface area contributed by atoms with Gasteiger partial charge in [0, 0.05) is 0 Å². The Balaban J connectivity index is 2.29. The van der Waals surface area contributed by atoms with E-state index in [2.05, 4.69) is 0 Å². The molecule has 1 N–H and O–H groups in total. The van der Waals surface area contributed by atoms with E-state index in [4.69, 9.17) is 14.2 Å². The molecule has 1 aliphatic heterocycles. The van der Waals surface area contributed by atoms with Crippen molar-refractivity contribution in [1.29, 1.82) is 0 Å². The smallest absolute Gasteiger partial charge is 0.326 e. The van der Waals surface area contributed by atoms with E-state index >= 15 is 0 Å². The number of methoxy groups -OCH3 is 2. The Labute approximate surface area is 148 Å². The normalized spacial score (nSPS) is 15.6. The second-order valence-electron chi connectivity index (χ2n) is 4.85. The zero-order valence-electron chi connectivity index (χ0n) is 13.9. The summed E-state index contributed by atoms with van der Waals surface area (Å²) in [5.74, 6) is -1.08. The SMILES string of the molecule is CCOC(=O)CN1C(=O)SC(=Cc2cc(OC)c(O)c(OC)c2)C1=O. The van der Waals surface area contributed by atoms with Gasteiger partial charge in [0.1, 0.15) is 6.54 Å². The number of carbonyl (C=O) groups excluding carboxylic acids is 3. The third-order valence-electron chi connectivity index (χ3n) is 3.27. The van der Waals surface area contributed by atoms with Gasteiger partial charge < -0.3 is 19.3 Å². The van der Waals surface area contributed by atoms with E-state index in [0.717, 1.165) is 4.90 Å². The van der Waals surface area contributed by atoms with Crippen LogP contribution in [0, 0.1) is 0 Å². The van der Waals surface area contributed by atoms with Crippen LogP contribution >= 0.6 is 11.8 Å². The number of thioether (sulfide) groups is 1. The fourth-order valence-electron chi connectivity index (χ4n) is 2.12. The minimum atomic E-state index is -0.654. The number of benzene rings is 1. The van der Waals surface area contributed by atoms with Crippen LogP contribution in [0.5, 0.6) is 17.2 Å². The van der Waals surface area contributed by atoms with Gasteiger partial charge in [-0.2, -0.15) is 0 Å². The number of phenolic OH excluding ortho intramolecular Hbond substituents is 1. The number of carbonyl (C=O) groups is 3. The number of amides is 2. The van der Waals surface area contributed by atoms with Crippen molar-refractivity contribution in [3.8, 4) is 17.2 Å². The molecule has 1 aliphatic rings. The molecule has 25 heavy (non-hydrogen) atoms. The summed E-state index contributed by atoms with van der Waals surface area (Å²) in [7, 11) is 2.76. The fraction of sp³-hybridized carbons (Fsp3) is 0.312. The van der Waals surface area contributed by atoms with Gasteiger partial charge in [0.2, 0.25) is 5.75 Å². The Kier molecular flexibility index (Phi) is 5.92. The van der Waals surface area contributed by atoms with E-state index in [0.29, 0.717) is 17.3 Å². The lowest BCUT2D eigenvalue weighted by Crippen LogP contribution is -2.34. The zero-order chi connectivity index (χ0) is 18.6. The van der Waals surface area contributed by atoms with Crippen molar-refractivity contribution in [3.05, 3.63) is 22.6 Å². The van der Waals surface area contributed by atoms with Crippen molar-refractivity contribution in [2.24, 2.45) is 0 Å². The molecule has 2 rings (SSSR count). The summed E-state index contributed by atoms with van der Waals surface area (Å²) >= 11 is 0.714. The second kappa shape index (κ2) is 7.93. The molecule has 134 valence electrons. The summed E-state index contributed by atoms with van der Waals surface area (Å²) in [5.41, 5.74) is 0.494. The molecule has 1 fully saturated rings. The number of ether oxygens (including phenoxy) is 3.